The maximum absolute atomic E-state index is 13.5. The molecule has 0 atom stereocenters. The summed E-state index contributed by atoms with van der Waals surface area (Å²) in [6.07, 6.45) is 1.54. The van der Waals surface area contributed by atoms with Crippen LogP contribution in [0.3, 0.4) is 0 Å². The third kappa shape index (κ3) is 4.12. The van der Waals surface area contributed by atoms with Gasteiger partial charge in [-0.1, -0.05) is 43.3 Å². The zero-order valence-corrected chi connectivity index (χ0v) is 12.7. The van der Waals surface area contributed by atoms with Crippen LogP contribution in [-0.2, 0) is 22.9 Å². The standard InChI is InChI=1S/C16H18FNO2S/c1-2-13-7-9-14(10-8-13)11-12-18-21(19,20)16-6-4-3-5-15(16)17/h3-10,18H,2,11-12H2,1H3. The molecule has 0 amide bonds. The molecule has 0 aliphatic heterocycles. The fourth-order valence-electron chi connectivity index (χ4n) is 2.01. The summed E-state index contributed by atoms with van der Waals surface area (Å²) in [5, 5.41) is 0. The minimum atomic E-state index is -3.80. The van der Waals surface area contributed by atoms with Gasteiger partial charge in [-0.3, -0.25) is 0 Å². The largest absolute Gasteiger partial charge is 0.243 e. The Hall–Kier alpha value is -1.72. The van der Waals surface area contributed by atoms with E-state index in [-0.39, 0.29) is 11.4 Å². The Balaban J connectivity index is 1.97. The van der Waals surface area contributed by atoms with Crippen LogP contribution in [0.4, 0.5) is 4.39 Å². The highest BCUT2D eigenvalue weighted by Crippen LogP contribution is 2.13. The van der Waals surface area contributed by atoms with Gasteiger partial charge in [0.15, 0.2) is 0 Å². The Morgan fingerprint density at radius 1 is 1.00 bits per heavy atom. The lowest BCUT2D eigenvalue weighted by molar-refractivity contribution is 0.557. The summed E-state index contributed by atoms with van der Waals surface area (Å²) in [5.41, 5.74) is 2.29. The molecule has 112 valence electrons. The highest BCUT2D eigenvalue weighted by atomic mass is 32.2. The zero-order valence-electron chi connectivity index (χ0n) is 11.8. The Kier molecular flexibility index (Phi) is 5.09. The number of halogens is 1. The van der Waals surface area contributed by atoms with Crippen LogP contribution in [-0.4, -0.2) is 15.0 Å². The van der Waals surface area contributed by atoms with Crippen LogP contribution in [0.25, 0.3) is 0 Å². The number of rotatable bonds is 6. The third-order valence-corrected chi connectivity index (χ3v) is 4.76. The number of aryl methyl sites for hydroxylation is 1. The van der Waals surface area contributed by atoms with Crippen LogP contribution in [0.15, 0.2) is 53.4 Å². The molecule has 2 rings (SSSR count). The summed E-state index contributed by atoms with van der Waals surface area (Å²) < 4.78 is 39.9. The highest BCUT2D eigenvalue weighted by molar-refractivity contribution is 7.89. The van der Waals surface area contributed by atoms with Gasteiger partial charge in [-0.25, -0.2) is 17.5 Å². The zero-order chi connectivity index (χ0) is 15.3. The molecular formula is C16H18FNO2S. The molecule has 0 fully saturated rings. The Bertz CT molecular complexity index is 696. The minimum Gasteiger partial charge on any atom is -0.211 e. The summed E-state index contributed by atoms with van der Waals surface area (Å²) in [4.78, 5) is -0.314. The van der Waals surface area contributed by atoms with E-state index in [1.54, 1.807) is 0 Å². The maximum Gasteiger partial charge on any atom is 0.243 e. The van der Waals surface area contributed by atoms with E-state index >= 15 is 0 Å². The summed E-state index contributed by atoms with van der Waals surface area (Å²) in [5.74, 6) is -0.739. The first-order chi connectivity index (χ1) is 10.0. The second-order valence-corrected chi connectivity index (χ2v) is 6.48. The molecule has 3 nitrogen and oxygen atoms in total. The van der Waals surface area contributed by atoms with Gasteiger partial charge in [0.25, 0.3) is 0 Å². The lowest BCUT2D eigenvalue weighted by Gasteiger charge is -2.08. The molecular weight excluding hydrogens is 289 g/mol. The van der Waals surface area contributed by atoms with Gasteiger partial charge in [-0.15, -0.1) is 0 Å². The normalized spacial score (nSPS) is 11.5. The molecule has 0 heterocycles. The SMILES string of the molecule is CCc1ccc(CCNS(=O)(=O)c2ccccc2F)cc1. The van der Waals surface area contributed by atoms with Gasteiger partial charge in [0, 0.05) is 6.54 Å². The lowest BCUT2D eigenvalue weighted by Crippen LogP contribution is -2.26. The molecule has 0 unspecified atom stereocenters. The molecule has 0 aromatic heterocycles. The van der Waals surface area contributed by atoms with Crippen molar-refractivity contribution in [1.82, 2.24) is 4.72 Å². The van der Waals surface area contributed by atoms with Crippen molar-refractivity contribution in [3.63, 3.8) is 0 Å². The number of benzene rings is 2. The first-order valence-electron chi connectivity index (χ1n) is 6.85. The van der Waals surface area contributed by atoms with Gasteiger partial charge in [0.2, 0.25) is 10.0 Å². The second kappa shape index (κ2) is 6.83. The van der Waals surface area contributed by atoms with Crippen molar-refractivity contribution in [2.75, 3.05) is 6.54 Å². The summed E-state index contributed by atoms with van der Waals surface area (Å²) >= 11 is 0. The van der Waals surface area contributed by atoms with Crippen molar-refractivity contribution in [2.45, 2.75) is 24.7 Å². The van der Waals surface area contributed by atoms with E-state index in [0.29, 0.717) is 6.42 Å². The Morgan fingerprint density at radius 2 is 1.62 bits per heavy atom. The van der Waals surface area contributed by atoms with Crippen LogP contribution in [0.1, 0.15) is 18.1 Å². The van der Waals surface area contributed by atoms with Gasteiger partial charge < -0.3 is 0 Å². The molecule has 0 spiro atoms. The first kappa shape index (κ1) is 15.7. The molecule has 2 aromatic carbocycles. The average Bonchev–Trinajstić information content (AvgIpc) is 2.48. The van der Waals surface area contributed by atoms with Crippen molar-refractivity contribution in [2.24, 2.45) is 0 Å². The van der Waals surface area contributed by atoms with Crippen molar-refractivity contribution < 1.29 is 12.8 Å². The molecule has 0 saturated heterocycles. The predicted octanol–water partition coefficient (Wildman–Crippen LogP) is 2.91. The Morgan fingerprint density at radius 3 is 2.24 bits per heavy atom. The molecule has 0 saturated carbocycles. The molecule has 1 N–H and O–H groups in total. The molecule has 0 radical (unpaired) electrons. The quantitative estimate of drug-likeness (QED) is 0.892. The van der Waals surface area contributed by atoms with Gasteiger partial charge in [-0.2, -0.15) is 0 Å². The monoisotopic (exact) mass is 307 g/mol. The van der Waals surface area contributed by atoms with E-state index in [4.69, 9.17) is 0 Å². The minimum absolute atomic E-state index is 0.238. The molecule has 0 aliphatic rings. The van der Waals surface area contributed by atoms with Crippen LogP contribution >= 0.6 is 0 Å². The highest BCUT2D eigenvalue weighted by Gasteiger charge is 2.17. The number of sulfonamides is 1. The maximum atomic E-state index is 13.5. The van der Waals surface area contributed by atoms with Crippen LogP contribution < -0.4 is 4.72 Å². The summed E-state index contributed by atoms with van der Waals surface area (Å²) in [6, 6.07) is 13.4. The molecule has 5 heteroatoms. The van der Waals surface area contributed by atoms with E-state index in [1.807, 2.05) is 24.3 Å². The predicted molar refractivity (Wildman–Crippen MR) is 81.1 cm³/mol. The molecule has 2 aromatic rings. The first-order valence-corrected chi connectivity index (χ1v) is 8.33. The summed E-state index contributed by atoms with van der Waals surface area (Å²) in [7, 11) is -3.80. The fraction of sp³-hybridized carbons (Fsp3) is 0.250. The second-order valence-electron chi connectivity index (χ2n) is 4.75. The van der Waals surface area contributed by atoms with E-state index < -0.39 is 15.8 Å². The van der Waals surface area contributed by atoms with Crippen molar-refractivity contribution in [3.05, 3.63) is 65.5 Å². The van der Waals surface area contributed by atoms with Crippen LogP contribution in [0.2, 0.25) is 0 Å². The van der Waals surface area contributed by atoms with E-state index in [2.05, 4.69) is 11.6 Å². The van der Waals surface area contributed by atoms with Crippen molar-refractivity contribution in [1.29, 1.82) is 0 Å². The van der Waals surface area contributed by atoms with Gasteiger partial charge in [0.05, 0.1) is 0 Å². The molecule has 0 aliphatic carbocycles. The lowest BCUT2D eigenvalue weighted by atomic mass is 10.1. The molecule has 0 bridgehead atoms. The number of nitrogens with one attached hydrogen (secondary N) is 1. The number of hydrogen-bond acceptors (Lipinski definition) is 2. The fourth-order valence-corrected chi connectivity index (χ4v) is 3.12. The average molecular weight is 307 g/mol. The van der Waals surface area contributed by atoms with Crippen LogP contribution in [0.5, 0.6) is 0 Å². The number of hydrogen-bond donors (Lipinski definition) is 1. The van der Waals surface area contributed by atoms with E-state index in [1.165, 1.54) is 23.8 Å². The van der Waals surface area contributed by atoms with Crippen molar-refractivity contribution >= 4 is 10.0 Å². The summed E-state index contributed by atoms with van der Waals surface area (Å²) in [6.45, 7) is 2.32. The topological polar surface area (TPSA) is 46.2 Å². The third-order valence-electron chi connectivity index (χ3n) is 3.26. The van der Waals surface area contributed by atoms with Gasteiger partial charge in [0.1, 0.15) is 10.7 Å². The smallest absolute Gasteiger partial charge is 0.211 e. The van der Waals surface area contributed by atoms with Gasteiger partial charge >= 0.3 is 0 Å². The Labute approximate surface area is 124 Å². The molecule has 21 heavy (non-hydrogen) atoms. The van der Waals surface area contributed by atoms with Gasteiger partial charge in [-0.05, 0) is 36.1 Å². The van der Waals surface area contributed by atoms with E-state index in [0.717, 1.165) is 18.1 Å². The van der Waals surface area contributed by atoms with Crippen LogP contribution in [0, 0.1) is 5.82 Å². The van der Waals surface area contributed by atoms with Crippen molar-refractivity contribution in [3.8, 4) is 0 Å². The van der Waals surface area contributed by atoms with E-state index in [9.17, 15) is 12.8 Å².